The molecular formula is C13H19ClN4O2. The van der Waals surface area contributed by atoms with E-state index in [1.54, 1.807) is 18.0 Å². The van der Waals surface area contributed by atoms with Gasteiger partial charge in [0.05, 0.1) is 17.2 Å². The second kappa shape index (κ2) is 6.88. The first-order chi connectivity index (χ1) is 9.65. The zero-order valence-electron chi connectivity index (χ0n) is 11.5. The summed E-state index contributed by atoms with van der Waals surface area (Å²) in [7, 11) is 1.75. The number of hydrogen-bond acceptors (Lipinski definition) is 5. The summed E-state index contributed by atoms with van der Waals surface area (Å²) < 4.78 is 0. The Morgan fingerprint density at radius 1 is 1.45 bits per heavy atom. The zero-order chi connectivity index (χ0) is 14.5. The highest BCUT2D eigenvalue weighted by Gasteiger charge is 2.23. The monoisotopic (exact) mass is 298 g/mol. The smallest absolute Gasteiger partial charge is 0.255 e. The number of piperazine rings is 1. The lowest BCUT2D eigenvalue weighted by Gasteiger charge is -2.34. The predicted molar refractivity (Wildman–Crippen MR) is 78.2 cm³/mol. The second-order valence-corrected chi connectivity index (χ2v) is 5.06. The molecule has 7 heteroatoms. The van der Waals surface area contributed by atoms with E-state index in [0.717, 1.165) is 13.1 Å². The van der Waals surface area contributed by atoms with Gasteiger partial charge in [-0.05, 0) is 6.07 Å². The molecule has 110 valence electrons. The lowest BCUT2D eigenvalue weighted by molar-refractivity contribution is 0.0615. The van der Waals surface area contributed by atoms with Crippen LogP contribution in [0.3, 0.4) is 0 Å². The highest BCUT2D eigenvalue weighted by molar-refractivity contribution is 6.33. The van der Waals surface area contributed by atoms with Crippen LogP contribution in [0.25, 0.3) is 0 Å². The van der Waals surface area contributed by atoms with Gasteiger partial charge in [-0.2, -0.15) is 0 Å². The van der Waals surface area contributed by atoms with Crippen LogP contribution in [0.1, 0.15) is 10.4 Å². The number of carbonyl (C=O) groups is 1. The lowest BCUT2D eigenvalue weighted by Crippen LogP contribution is -2.49. The van der Waals surface area contributed by atoms with Crippen LogP contribution in [-0.4, -0.2) is 72.2 Å². The number of nitrogens with zero attached hydrogens (tertiary/aromatic N) is 3. The Labute approximate surface area is 123 Å². The van der Waals surface area contributed by atoms with Crippen LogP contribution in [0.5, 0.6) is 0 Å². The summed E-state index contributed by atoms with van der Waals surface area (Å²) in [4.78, 5) is 20.5. The molecule has 1 aliphatic heterocycles. The molecule has 0 unspecified atom stereocenters. The lowest BCUT2D eigenvalue weighted by atomic mass is 10.2. The van der Waals surface area contributed by atoms with Gasteiger partial charge in [0.25, 0.3) is 5.91 Å². The number of rotatable bonds is 4. The number of amides is 1. The Kier molecular flexibility index (Phi) is 5.17. The Bertz CT molecular complexity index is 475. The molecule has 0 saturated carbocycles. The standard InChI is InChI=1S/C13H19ClN4O2/c1-15-12-8-10(11(14)9-16-12)13(20)18-4-2-17(3-5-18)6-7-19/h8-9,19H,2-7H2,1H3,(H,15,16). The minimum atomic E-state index is -0.0717. The average molecular weight is 299 g/mol. The Morgan fingerprint density at radius 2 is 2.15 bits per heavy atom. The van der Waals surface area contributed by atoms with Crippen LogP contribution in [-0.2, 0) is 0 Å². The second-order valence-electron chi connectivity index (χ2n) is 4.66. The molecule has 6 nitrogen and oxygen atoms in total. The number of carbonyl (C=O) groups excluding carboxylic acids is 1. The number of pyridine rings is 1. The first-order valence-corrected chi connectivity index (χ1v) is 6.99. The molecule has 0 radical (unpaired) electrons. The third kappa shape index (κ3) is 3.39. The molecule has 0 aromatic carbocycles. The fourth-order valence-electron chi connectivity index (χ4n) is 2.23. The van der Waals surface area contributed by atoms with E-state index in [1.165, 1.54) is 6.20 Å². The molecule has 1 aromatic rings. The minimum Gasteiger partial charge on any atom is -0.395 e. The van der Waals surface area contributed by atoms with Crippen molar-refractivity contribution >= 4 is 23.3 Å². The van der Waals surface area contributed by atoms with Crippen molar-refractivity contribution in [1.82, 2.24) is 14.8 Å². The highest BCUT2D eigenvalue weighted by atomic mass is 35.5. The van der Waals surface area contributed by atoms with Gasteiger partial charge in [-0.3, -0.25) is 9.69 Å². The van der Waals surface area contributed by atoms with Gasteiger partial charge in [0.2, 0.25) is 0 Å². The van der Waals surface area contributed by atoms with E-state index in [9.17, 15) is 4.79 Å². The van der Waals surface area contributed by atoms with Crippen molar-refractivity contribution in [3.63, 3.8) is 0 Å². The fraction of sp³-hybridized carbons (Fsp3) is 0.538. The third-order valence-electron chi connectivity index (χ3n) is 3.42. The molecule has 0 bridgehead atoms. The van der Waals surface area contributed by atoms with Crippen LogP contribution < -0.4 is 5.32 Å². The molecule has 1 saturated heterocycles. The predicted octanol–water partition coefficient (Wildman–Crippen LogP) is 0.527. The molecule has 1 aliphatic rings. The summed E-state index contributed by atoms with van der Waals surface area (Å²) in [5.41, 5.74) is 0.474. The summed E-state index contributed by atoms with van der Waals surface area (Å²) in [6.45, 7) is 3.64. The molecular weight excluding hydrogens is 280 g/mol. The molecule has 0 atom stereocenters. The van der Waals surface area contributed by atoms with Gasteiger partial charge >= 0.3 is 0 Å². The number of β-amino-alcohol motifs (C(OH)–C–C–N with tert-alkyl or cyclic N) is 1. The molecule has 0 spiro atoms. The number of nitrogens with one attached hydrogen (secondary N) is 1. The van der Waals surface area contributed by atoms with Gasteiger partial charge in [0.1, 0.15) is 5.82 Å². The Morgan fingerprint density at radius 3 is 2.75 bits per heavy atom. The molecule has 1 amide bonds. The van der Waals surface area contributed by atoms with Gasteiger partial charge in [0, 0.05) is 46.0 Å². The number of hydrogen-bond donors (Lipinski definition) is 2. The van der Waals surface area contributed by atoms with Gasteiger partial charge in [-0.1, -0.05) is 11.6 Å². The van der Waals surface area contributed by atoms with Crippen LogP contribution >= 0.6 is 11.6 Å². The van der Waals surface area contributed by atoms with Gasteiger partial charge in [0.15, 0.2) is 0 Å². The molecule has 0 aliphatic carbocycles. The van der Waals surface area contributed by atoms with Crippen molar-refractivity contribution < 1.29 is 9.90 Å². The molecule has 2 heterocycles. The van der Waals surface area contributed by atoms with E-state index in [4.69, 9.17) is 16.7 Å². The van der Waals surface area contributed by atoms with E-state index in [2.05, 4.69) is 15.2 Å². The SMILES string of the molecule is CNc1cc(C(=O)N2CCN(CCO)CC2)c(Cl)cn1. The summed E-state index contributed by atoms with van der Waals surface area (Å²) in [6, 6.07) is 1.67. The van der Waals surface area contributed by atoms with Crippen LogP contribution in [0.2, 0.25) is 5.02 Å². The largest absolute Gasteiger partial charge is 0.395 e. The number of aromatic nitrogens is 1. The number of anilines is 1. The topological polar surface area (TPSA) is 68.7 Å². The van der Waals surface area contributed by atoms with Crippen LogP contribution in [0.4, 0.5) is 5.82 Å². The quantitative estimate of drug-likeness (QED) is 0.848. The normalized spacial score (nSPS) is 16.2. The van der Waals surface area contributed by atoms with Gasteiger partial charge in [-0.25, -0.2) is 4.98 Å². The third-order valence-corrected chi connectivity index (χ3v) is 3.72. The zero-order valence-corrected chi connectivity index (χ0v) is 12.2. The van der Waals surface area contributed by atoms with Crippen molar-refractivity contribution in [2.24, 2.45) is 0 Å². The maximum Gasteiger partial charge on any atom is 0.255 e. The van der Waals surface area contributed by atoms with E-state index in [-0.39, 0.29) is 12.5 Å². The average Bonchev–Trinajstić information content (AvgIpc) is 2.48. The van der Waals surface area contributed by atoms with Crippen molar-refractivity contribution in [2.75, 3.05) is 51.7 Å². The van der Waals surface area contributed by atoms with Crippen molar-refractivity contribution in [2.45, 2.75) is 0 Å². The Hall–Kier alpha value is -1.37. The summed E-state index contributed by atoms with van der Waals surface area (Å²) >= 11 is 6.06. The first kappa shape index (κ1) is 15.0. The number of halogens is 1. The van der Waals surface area contributed by atoms with E-state index in [1.807, 2.05) is 0 Å². The summed E-state index contributed by atoms with van der Waals surface area (Å²) in [5.74, 6) is 0.550. The first-order valence-electron chi connectivity index (χ1n) is 6.61. The molecule has 2 rings (SSSR count). The van der Waals surface area contributed by atoms with E-state index in [0.29, 0.717) is 36.0 Å². The molecule has 20 heavy (non-hydrogen) atoms. The van der Waals surface area contributed by atoms with Gasteiger partial charge in [-0.15, -0.1) is 0 Å². The minimum absolute atomic E-state index is 0.0717. The number of aliphatic hydroxyl groups is 1. The van der Waals surface area contributed by atoms with Crippen molar-refractivity contribution in [1.29, 1.82) is 0 Å². The maximum atomic E-state index is 12.5. The van der Waals surface area contributed by atoms with Gasteiger partial charge < -0.3 is 15.3 Å². The van der Waals surface area contributed by atoms with E-state index < -0.39 is 0 Å². The summed E-state index contributed by atoms with van der Waals surface area (Å²) in [6.07, 6.45) is 1.49. The van der Waals surface area contributed by atoms with E-state index >= 15 is 0 Å². The molecule has 2 N–H and O–H groups in total. The van der Waals surface area contributed by atoms with Crippen LogP contribution in [0.15, 0.2) is 12.3 Å². The molecule has 1 fully saturated rings. The summed E-state index contributed by atoms with van der Waals surface area (Å²) in [5, 5.41) is 12.2. The van der Waals surface area contributed by atoms with Crippen LogP contribution in [0, 0.1) is 0 Å². The molecule has 1 aromatic heterocycles. The fourth-order valence-corrected chi connectivity index (χ4v) is 2.41. The van der Waals surface area contributed by atoms with Crippen molar-refractivity contribution in [3.05, 3.63) is 22.8 Å². The van der Waals surface area contributed by atoms with Crippen molar-refractivity contribution in [3.8, 4) is 0 Å². The highest BCUT2D eigenvalue weighted by Crippen LogP contribution is 2.20. The Balaban J connectivity index is 2.05. The maximum absolute atomic E-state index is 12.5. The number of aliphatic hydroxyl groups excluding tert-OH is 1.